The number of benzene rings is 6. The second-order valence-electron chi connectivity index (χ2n) is 17.4. The van der Waals surface area contributed by atoms with E-state index in [0.717, 1.165) is 57.1 Å². The number of hydrogen-bond donors (Lipinski definition) is 1. The molecule has 0 saturated carbocycles. The quantitative estimate of drug-likeness (QED) is 0.118. The molecule has 5 nitrogen and oxygen atoms in total. The molecule has 0 heterocycles. The number of rotatable bonds is 9. The van der Waals surface area contributed by atoms with Gasteiger partial charge in [0.15, 0.2) is 5.78 Å². The van der Waals surface area contributed by atoms with Crippen LogP contribution in [0, 0.1) is 5.41 Å². The van der Waals surface area contributed by atoms with E-state index in [4.69, 9.17) is 0 Å². The lowest BCUT2D eigenvalue weighted by molar-refractivity contribution is 0.0696. The molecular weight excluding hydrogens is 701 g/mol. The third-order valence-electron chi connectivity index (χ3n) is 11.8. The molecule has 0 amide bonds. The van der Waals surface area contributed by atoms with E-state index in [1.807, 2.05) is 24.3 Å². The van der Waals surface area contributed by atoms with Crippen molar-refractivity contribution < 1.29 is 14.7 Å². The van der Waals surface area contributed by atoms with E-state index < -0.39 is 5.97 Å². The normalized spacial score (nSPS) is 15.5. The molecule has 0 aromatic heterocycles. The molecule has 5 heteroatoms. The summed E-state index contributed by atoms with van der Waals surface area (Å²) >= 11 is 0. The van der Waals surface area contributed by atoms with Gasteiger partial charge in [-0.1, -0.05) is 124 Å². The first kappa shape index (κ1) is 37.7. The van der Waals surface area contributed by atoms with Crippen molar-refractivity contribution in [3.63, 3.8) is 0 Å². The van der Waals surface area contributed by atoms with Crippen LogP contribution in [0.5, 0.6) is 0 Å². The highest BCUT2D eigenvalue weighted by Crippen LogP contribution is 2.53. The van der Waals surface area contributed by atoms with Crippen LogP contribution in [0.1, 0.15) is 83.5 Å². The molecule has 0 saturated heterocycles. The lowest BCUT2D eigenvalue weighted by Gasteiger charge is -2.41. The van der Waals surface area contributed by atoms with Crippen molar-refractivity contribution in [1.29, 1.82) is 0 Å². The van der Waals surface area contributed by atoms with Gasteiger partial charge in [0.2, 0.25) is 0 Å². The number of allylic oxidation sites excluding steroid dienone is 5. The predicted octanol–water partition coefficient (Wildman–Crippen LogP) is 12.4. The minimum atomic E-state index is -0.981. The summed E-state index contributed by atoms with van der Waals surface area (Å²) in [6.45, 7) is 10.2. The topological polar surface area (TPSA) is 60.9 Å². The number of ketones is 1. The van der Waals surface area contributed by atoms with Crippen LogP contribution in [0.2, 0.25) is 0 Å². The molecule has 6 aromatic rings. The van der Waals surface area contributed by atoms with Crippen LogP contribution in [-0.4, -0.2) is 38.0 Å². The predicted molar refractivity (Wildman–Crippen MR) is 239 cm³/mol. The van der Waals surface area contributed by atoms with Crippen molar-refractivity contribution in [2.24, 2.45) is 5.41 Å². The minimum absolute atomic E-state index is 0.100. The second-order valence-corrected chi connectivity index (χ2v) is 17.4. The molecule has 0 atom stereocenters. The second kappa shape index (κ2) is 14.4. The van der Waals surface area contributed by atoms with Crippen LogP contribution < -0.4 is 9.80 Å². The Morgan fingerprint density at radius 3 is 2.19 bits per heavy atom. The van der Waals surface area contributed by atoms with Crippen molar-refractivity contribution in [2.75, 3.05) is 30.9 Å². The monoisotopic (exact) mass is 750 g/mol. The van der Waals surface area contributed by atoms with Crippen molar-refractivity contribution >= 4 is 56.3 Å². The molecule has 0 radical (unpaired) electrons. The number of hydrogen-bond acceptors (Lipinski definition) is 4. The maximum absolute atomic E-state index is 14.5. The third-order valence-corrected chi connectivity index (χ3v) is 11.8. The molecule has 6 aromatic carbocycles. The number of aromatic carboxylic acids is 1. The SMILES string of the molecule is CN(C)c1ccc(CN(C)c2cc(-c3ccc4ccccc4c3C(=O)C=Cc3ccc(C(=O)O)cc3)cc3ccc4c(c23)C(C)(C)CC2=C4C=CC(C)(C)C2)cc1. The van der Waals surface area contributed by atoms with Crippen molar-refractivity contribution in [2.45, 2.75) is 52.5 Å². The molecule has 0 fully saturated rings. The zero-order valence-electron chi connectivity index (χ0n) is 34.0. The Labute approximate surface area is 336 Å². The zero-order valence-corrected chi connectivity index (χ0v) is 34.0. The van der Waals surface area contributed by atoms with E-state index in [9.17, 15) is 14.7 Å². The Morgan fingerprint density at radius 1 is 0.772 bits per heavy atom. The molecule has 0 unspecified atom stereocenters. The smallest absolute Gasteiger partial charge is 0.335 e. The summed E-state index contributed by atoms with van der Waals surface area (Å²) in [4.78, 5) is 30.4. The van der Waals surface area contributed by atoms with E-state index in [1.54, 1.807) is 36.4 Å². The van der Waals surface area contributed by atoms with E-state index in [1.165, 1.54) is 33.2 Å². The van der Waals surface area contributed by atoms with Crippen LogP contribution in [0.3, 0.4) is 0 Å². The fourth-order valence-corrected chi connectivity index (χ4v) is 9.05. The molecule has 57 heavy (non-hydrogen) atoms. The third kappa shape index (κ3) is 7.19. The Hall–Kier alpha value is -6.20. The Morgan fingerprint density at radius 2 is 1.47 bits per heavy atom. The van der Waals surface area contributed by atoms with Gasteiger partial charge in [0, 0.05) is 50.0 Å². The van der Waals surface area contributed by atoms with Crippen LogP contribution in [0.15, 0.2) is 133 Å². The molecule has 1 N–H and O–H groups in total. The molecule has 8 rings (SSSR count). The summed E-state index contributed by atoms with van der Waals surface area (Å²) in [6, 6.07) is 36.8. The molecule has 0 spiro atoms. The summed E-state index contributed by atoms with van der Waals surface area (Å²) in [6.07, 6.45) is 10.2. The number of nitrogens with zero attached hydrogens (tertiary/aromatic N) is 2. The summed E-state index contributed by atoms with van der Waals surface area (Å²) < 4.78 is 0. The average Bonchev–Trinajstić information content (AvgIpc) is 3.18. The Kier molecular flexibility index (Phi) is 9.52. The van der Waals surface area contributed by atoms with Gasteiger partial charge < -0.3 is 14.9 Å². The summed E-state index contributed by atoms with van der Waals surface area (Å²) in [5.41, 5.74) is 12.6. The highest BCUT2D eigenvalue weighted by atomic mass is 16.4. The first-order valence-corrected chi connectivity index (χ1v) is 19.8. The summed E-state index contributed by atoms with van der Waals surface area (Å²) in [7, 11) is 6.31. The zero-order chi connectivity index (χ0) is 40.2. The van der Waals surface area contributed by atoms with Crippen LogP contribution >= 0.6 is 0 Å². The molecular formula is C52H50N2O3. The minimum Gasteiger partial charge on any atom is -0.478 e. The number of carbonyl (C=O) groups is 2. The number of carboxylic acid groups (broad SMARTS) is 1. The van der Waals surface area contributed by atoms with E-state index in [0.29, 0.717) is 12.1 Å². The van der Waals surface area contributed by atoms with Crippen molar-refractivity contribution in [1.82, 2.24) is 0 Å². The van der Waals surface area contributed by atoms with Gasteiger partial charge in [-0.15, -0.1) is 0 Å². The van der Waals surface area contributed by atoms with Gasteiger partial charge in [-0.3, -0.25) is 4.79 Å². The number of carbonyl (C=O) groups excluding carboxylic acids is 1. The van der Waals surface area contributed by atoms with E-state index in [2.05, 4.69) is 131 Å². The van der Waals surface area contributed by atoms with Crippen LogP contribution in [0.4, 0.5) is 11.4 Å². The molecule has 2 aliphatic carbocycles. The molecule has 2 aliphatic rings. The number of fused-ring (bicyclic) bond motifs is 5. The van der Waals surface area contributed by atoms with Crippen molar-refractivity contribution in [3.8, 4) is 11.1 Å². The van der Waals surface area contributed by atoms with Gasteiger partial charge >= 0.3 is 5.97 Å². The van der Waals surface area contributed by atoms with Gasteiger partial charge in [-0.25, -0.2) is 4.79 Å². The summed E-state index contributed by atoms with van der Waals surface area (Å²) in [5.74, 6) is -1.09. The maximum Gasteiger partial charge on any atom is 0.335 e. The molecule has 0 bridgehead atoms. The Balaban J connectivity index is 1.32. The van der Waals surface area contributed by atoms with E-state index in [-0.39, 0.29) is 22.2 Å². The first-order chi connectivity index (χ1) is 27.2. The highest BCUT2D eigenvalue weighted by Gasteiger charge is 2.37. The van der Waals surface area contributed by atoms with Gasteiger partial charge in [0.1, 0.15) is 0 Å². The van der Waals surface area contributed by atoms with E-state index >= 15 is 0 Å². The average molecular weight is 751 g/mol. The van der Waals surface area contributed by atoms with Crippen LogP contribution in [0.25, 0.3) is 44.3 Å². The lowest BCUT2D eigenvalue weighted by Crippen LogP contribution is -2.28. The Bertz CT molecular complexity index is 2670. The van der Waals surface area contributed by atoms with Crippen LogP contribution in [-0.2, 0) is 12.0 Å². The molecule has 0 aliphatic heterocycles. The van der Waals surface area contributed by atoms with Gasteiger partial charge in [-0.05, 0) is 121 Å². The highest BCUT2D eigenvalue weighted by molar-refractivity contribution is 6.19. The summed E-state index contributed by atoms with van der Waals surface area (Å²) in [5, 5.41) is 13.7. The van der Waals surface area contributed by atoms with Crippen molar-refractivity contribution in [3.05, 3.63) is 166 Å². The standard InChI is InChI=1S/C52H50N2O3/c1-51(2)27-26-41-39(30-51)31-52(3,4)49-44(41)24-20-37-28-38(29-45(47(37)49)54(7)32-34-14-21-40(22-15-34)53(5)6)43-23-19-35-10-8-9-11-42(35)48(43)46(55)25-16-33-12-17-36(18-13-33)50(56)57/h8-29H,30-32H2,1-7H3,(H,56,57). The largest absolute Gasteiger partial charge is 0.478 e. The fraction of sp³-hybridized carbons (Fsp3) is 0.231. The number of carboxylic acids is 1. The first-order valence-electron chi connectivity index (χ1n) is 19.8. The molecule has 286 valence electrons. The van der Waals surface area contributed by atoms with Gasteiger partial charge in [0.25, 0.3) is 0 Å². The maximum atomic E-state index is 14.5. The lowest BCUT2D eigenvalue weighted by atomic mass is 9.64. The van der Waals surface area contributed by atoms with Gasteiger partial charge in [0.05, 0.1) is 5.56 Å². The number of anilines is 2. The van der Waals surface area contributed by atoms with Gasteiger partial charge in [-0.2, -0.15) is 0 Å². The fourth-order valence-electron chi connectivity index (χ4n) is 9.05.